The molecule has 3 rings (SSSR count). The van der Waals surface area contributed by atoms with Gasteiger partial charge in [-0.1, -0.05) is 30.3 Å². The summed E-state index contributed by atoms with van der Waals surface area (Å²) in [6, 6.07) is 10.6. The molecule has 0 spiro atoms. The van der Waals surface area contributed by atoms with Crippen molar-refractivity contribution in [3.05, 3.63) is 53.3 Å². The molecule has 0 aliphatic carbocycles. The van der Waals surface area contributed by atoms with Crippen LogP contribution in [0.25, 0.3) is 0 Å². The Morgan fingerprint density at radius 3 is 2.76 bits per heavy atom. The highest BCUT2D eigenvalue weighted by Gasteiger charge is 2.38. The van der Waals surface area contributed by atoms with E-state index in [2.05, 4.69) is 59.3 Å². The summed E-state index contributed by atoms with van der Waals surface area (Å²) in [6.45, 7) is 6.46. The molecule has 1 aromatic heterocycles. The minimum atomic E-state index is 0.0676. The molecular formula is C14H17N3. The van der Waals surface area contributed by atoms with Crippen LogP contribution in [0.15, 0.2) is 36.5 Å². The van der Waals surface area contributed by atoms with Crippen molar-refractivity contribution in [2.45, 2.75) is 32.5 Å². The molecule has 88 valence electrons. The van der Waals surface area contributed by atoms with E-state index in [9.17, 15) is 0 Å². The molecule has 0 fully saturated rings. The molecule has 1 aromatic carbocycles. The van der Waals surface area contributed by atoms with Crippen molar-refractivity contribution in [1.82, 2.24) is 15.1 Å². The zero-order chi connectivity index (χ0) is 11.9. The molecule has 0 radical (unpaired) electrons. The molecule has 1 aliphatic rings. The molecule has 1 aliphatic heterocycles. The van der Waals surface area contributed by atoms with Crippen molar-refractivity contribution in [2.24, 2.45) is 0 Å². The molecular weight excluding hydrogens is 210 g/mol. The zero-order valence-corrected chi connectivity index (χ0v) is 10.3. The van der Waals surface area contributed by atoms with Crippen LogP contribution in [0, 0.1) is 0 Å². The van der Waals surface area contributed by atoms with Crippen LogP contribution in [-0.2, 0) is 18.6 Å². The third-order valence-electron chi connectivity index (χ3n) is 3.73. The molecule has 3 nitrogen and oxygen atoms in total. The summed E-state index contributed by atoms with van der Waals surface area (Å²) >= 11 is 0. The smallest absolute Gasteiger partial charge is 0.0543 e. The number of aromatic amines is 1. The highest BCUT2D eigenvalue weighted by atomic mass is 15.3. The largest absolute Gasteiger partial charge is 0.284 e. The first-order valence-corrected chi connectivity index (χ1v) is 5.99. The van der Waals surface area contributed by atoms with E-state index in [1.807, 2.05) is 6.20 Å². The van der Waals surface area contributed by atoms with Crippen LogP contribution in [0.3, 0.4) is 0 Å². The number of H-pyrrole nitrogens is 1. The Morgan fingerprint density at radius 1 is 1.29 bits per heavy atom. The summed E-state index contributed by atoms with van der Waals surface area (Å²) in [5.41, 5.74) is 4.01. The normalized spacial score (nSPS) is 18.2. The SMILES string of the molecule is CC1(C)c2cn[nH]c2CN1Cc1ccccc1. The van der Waals surface area contributed by atoms with Gasteiger partial charge in [-0.05, 0) is 19.4 Å². The van der Waals surface area contributed by atoms with Crippen molar-refractivity contribution < 1.29 is 0 Å². The summed E-state index contributed by atoms with van der Waals surface area (Å²) in [5, 5.41) is 7.23. The van der Waals surface area contributed by atoms with E-state index in [4.69, 9.17) is 0 Å². The Bertz CT molecular complexity index is 513. The van der Waals surface area contributed by atoms with Crippen LogP contribution in [0.4, 0.5) is 0 Å². The fraction of sp³-hybridized carbons (Fsp3) is 0.357. The summed E-state index contributed by atoms with van der Waals surface area (Å²) in [6.07, 6.45) is 1.96. The quantitative estimate of drug-likeness (QED) is 0.855. The molecule has 3 heteroatoms. The highest BCUT2D eigenvalue weighted by molar-refractivity contribution is 5.30. The molecule has 2 heterocycles. The first kappa shape index (κ1) is 10.5. The summed E-state index contributed by atoms with van der Waals surface area (Å²) < 4.78 is 0. The van der Waals surface area contributed by atoms with Gasteiger partial charge in [0.1, 0.15) is 0 Å². The van der Waals surface area contributed by atoms with Gasteiger partial charge in [0.15, 0.2) is 0 Å². The van der Waals surface area contributed by atoms with Gasteiger partial charge in [0, 0.05) is 24.2 Å². The third-order valence-corrected chi connectivity index (χ3v) is 3.73. The van der Waals surface area contributed by atoms with Gasteiger partial charge in [-0.15, -0.1) is 0 Å². The van der Waals surface area contributed by atoms with Crippen LogP contribution in [-0.4, -0.2) is 15.1 Å². The van der Waals surface area contributed by atoms with E-state index >= 15 is 0 Å². The molecule has 0 saturated heterocycles. The summed E-state index contributed by atoms with van der Waals surface area (Å²) in [7, 11) is 0. The third kappa shape index (κ3) is 1.67. The Balaban J connectivity index is 1.86. The van der Waals surface area contributed by atoms with Gasteiger partial charge >= 0.3 is 0 Å². The van der Waals surface area contributed by atoms with Gasteiger partial charge < -0.3 is 0 Å². The van der Waals surface area contributed by atoms with E-state index < -0.39 is 0 Å². The number of aromatic nitrogens is 2. The number of hydrogen-bond acceptors (Lipinski definition) is 2. The topological polar surface area (TPSA) is 31.9 Å². The van der Waals surface area contributed by atoms with Crippen LogP contribution < -0.4 is 0 Å². The Labute approximate surface area is 101 Å². The fourth-order valence-electron chi connectivity index (χ4n) is 2.58. The van der Waals surface area contributed by atoms with E-state index in [0.717, 1.165) is 13.1 Å². The Hall–Kier alpha value is -1.61. The fourth-order valence-corrected chi connectivity index (χ4v) is 2.58. The number of nitrogens with zero attached hydrogens (tertiary/aromatic N) is 2. The van der Waals surface area contributed by atoms with E-state index in [-0.39, 0.29) is 5.54 Å². The first-order chi connectivity index (χ1) is 8.18. The van der Waals surface area contributed by atoms with Gasteiger partial charge in [0.2, 0.25) is 0 Å². The summed E-state index contributed by atoms with van der Waals surface area (Å²) in [4.78, 5) is 2.48. The molecule has 0 amide bonds. The lowest BCUT2D eigenvalue weighted by Crippen LogP contribution is -2.34. The van der Waals surface area contributed by atoms with E-state index in [1.54, 1.807) is 0 Å². The maximum absolute atomic E-state index is 4.13. The molecule has 2 aromatic rings. The monoisotopic (exact) mass is 227 g/mol. The lowest BCUT2D eigenvalue weighted by atomic mass is 9.97. The zero-order valence-electron chi connectivity index (χ0n) is 10.3. The molecule has 0 unspecified atom stereocenters. The van der Waals surface area contributed by atoms with E-state index in [1.165, 1.54) is 16.8 Å². The predicted molar refractivity (Wildman–Crippen MR) is 67.3 cm³/mol. The second-order valence-electron chi connectivity index (χ2n) is 5.16. The standard InChI is InChI=1S/C14H17N3/c1-14(2)12-8-15-16-13(12)10-17(14)9-11-6-4-3-5-7-11/h3-8H,9-10H2,1-2H3,(H,15,16). The van der Waals surface area contributed by atoms with Crippen molar-refractivity contribution in [3.8, 4) is 0 Å². The minimum absolute atomic E-state index is 0.0676. The Kier molecular flexibility index (Phi) is 2.30. The maximum Gasteiger partial charge on any atom is 0.0543 e. The minimum Gasteiger partial charge on any atom is -0.284 e. The molecule has 0 bridgehead atoms. The van der Waals surface area contributed by atoms with Gasteiger partial charge in [0.25, 0.3) is 0 Å². The molecule has 0 saturated carbocycles. The van der Waals surface area contributed by atoms with Gasteiger partial charge in [-0.25, -0.2) is 0 Å². The van der Waals surface area contributed by atoms with E-state index in [0.29, 0.717) is 0 Å². The maximum atomic E-state index is 4.13. The van der Waals surface area contributed by atoms with Gasteiger partial charge in [-0.3, -0.25) is 10.00 Å². The lowest BCUT2D eigenvalue weighted by Gasteiger charge is -2.32. The number of fused-ring (bicyclic) bond motifs is 1. The Morgan fingerprint density at radius 2 is 2.06 bits per heavy atom. The average Bonchev–Trinajstić information content (AvgIpc) is 2.85. The van der Waals surface area contributed by atoms with Crippen molar-refractivity contribution >= 4 is 0 Å². The average molecular weight is 227 g/mol. The number of benzene rings is 1. The first-order valence-electron chi connectivity index (χ1n) is 5.99. The molecule has 17 heavy (non-hydrogen) atoms. The molecule has 1 N–H and O–H groups in total. The van der Waals surface area contributed by atoms with Crippen molar-refractivity contribution in [2.75, 3.05) is 0 Å². The highest BCUT2D eigenvalue weighted by Crippen LogP contribution is 2.38. The van der Waals surface area contributed by atoms with Crippen LogP contribution >= 0.6 is 0 Å². The van der Waals surface area contributed by atoms with Crippen LogP contribution in [0.1, 0.15) is 30.7 Å². The van der Waals surface area contributed by atoms with Gasteiger partial charge in [0.05, 0.1) is 11.9 Å². The van der Waals surface area contributed by atoms with Crippen molar-refractivity contribution in [3.63, 3.8) is 0 Å². The lowest BCUT2D eigenvalue weighted by molar-refractivity contribution is 0.126. The number of rotatable bonds is 2. The van der Waals surface area contributed by atoms with Crippen LogP contribution in [0.2, 0.25) is 0 Å². The van der Waals surface area contributed by atoms with Gasteiger partial charge in [-0.2, -0.15) is 5.10 Å². The number of nitrogens with one attached hydrogen (secondary N) is 1. The van der Waals surface area contributed by atoms with Crippen LogP contribution in [0.5, 0.6) is 0 Å². The number of hydrogen-bond donors (Lipinski definition) is 1. The van der Waals surface area contributed by atoms with Crippen molar-refractivity contribution in [1.29, 1.82) is 0 Å². The summed E-state index contributed by atoms with van der Waals surface area (Å²) in [5.74, 6) is 0. The molecule has 0 atom stereocenters. The second-order valence-corrected chi connectivity index (χ2v) is 5.16. The second kappa shape index (κ2) is 3.70. The predicted octanol–water partition coefficient (Wildman–Crippen LogP) is 2.66.